The Morgan fingerprint density at radius 3 is 2.19 bits per heavy atom. The van der Waals surface area contributed by atoms with Gasteiger partial charge in [0.2, 0.25) is 0 Å². The van der Waals surface area contributed by atoms with Crippen molar-refractivity contribution in [1.29, 1.82) is 0 Å². The molecule has 1 unspecified atom stereocenters. The molecule has 0 aliphatic heterocycles. The van der Waals surface area contributed by atoms with Crippen LogP contribution in [0.25, 0.3) is 0 Å². The summed E-state index contributed by atoms with van der Waals surface area (Å²) in [5.41, 5.74) is 1.10. The summed E-state index contributed by atoms with van der Waals surface area (Å²) in [5.74, 6) is 0.257. The van der Waals surface area contributed by atoms with Crippen LogP contribution in [0.1, 0.15) is 12.5 Å². The van der Waals surface area contributed by atoms with Crippen LogP contribution in [0.3, 0.4) is 0 Å². The van der Waals surface area contributed by atoms with Gasteiger partial charge < -0.3 is 20.6 Å². The van der Waals surface area contributed by atoms with Gasteiger partial charge in [0.1, 0.15) is 5.75 Å². The van der Waals surface area contributed by atoms with E-state index >= 15 is 0 Å². The first-order valence-electron chi connectivity index (χ1n) is 5.41. The van der Waals surface area contributed by atoms with E-state index in [1.807, 2.05) is 19.1 Å². The van der Waals surface area contributed by atoms with Gasteiger partial charge in [-0.3, -0.25) is 0 Å². The van der Waals surface area contributed by atoms with Gasteiger partial charge in [-0.2, -0.15) is 0 Å². The van der Waals surface area contributed by atoms with Gasteiger partial charge in [-0.25, -0.2) is 0 Å². The van der Waals surface area contributed by atoms with Crippen molar-refractivity contribution >= 4 is 0 Å². The summed E-state index contributed by atoms with van der Waals surface area (Å²) >= 11 is 0. The Balaban J connectivity index is 2.44. The number of aliphatic hydroxyl groups is 2. The van der Waals surface area contributed by atoms with Crippen LogP contribution in [0.2, 0.25) is 0 Å². The van der Waals surface area contributed by atoms with Crippen molar-refractivity contribution in [2.24, 2.45) is 0 Å². The largest absolute Gasteiger partial charge is 0.508 e. The smallest absolute Gasteiger partial charge is 0.115 e. The minimum absolute atomic E-state index is 0.0730. The van der Waals surface area contributed by atoms with E-state index in [-0.39, 0.29) is 31.0 Å². The zero-order valence-electron chi connectivity index (χ0n) is 9.43. The standard InChI is InChI=1S/C12H19NO3/c1-9(13-11(7-14)8-15)6-10-2-4-12(16)5-3-10/h2-5,9,11,13-16H,6-8H2,1H3. The molecular formula is C12H19NO3. The molecule has 1 aromatic rings. The SMILES string of the molecule is CC(Cc1ccc(O)cc1)NC(CO)CO. The molecule has 0 amide bonds. The van der Waals surface area contributed by atoms with Crippen molar-refractivity contribution in [3.8, 4) is 5.75 Å². The Hall–Kier alpha value is -1.10. The van der Waals surface area contributed by atoms with Crippen LogP contribution < -0.4 is 5.32 Å². The molecule has 0 saturated carbocycles. The number of phenolic OH excluding ortho intramolecular Hbond substituents is 1. The van der Waals surface area contributed by atoms with Crippen LogP contribution in [0.5, 0.6) is 5.75 Å². The maximum Gasteiger partial charge on any atom is 0.115 e. The number of aromatic hydroxyl groups is 1. The maximum atomic E-state index is 9.13. The van der Waals surface area contributed by atoms with Crippen LogP contribution in [0.15, 0.2) is 24.3 Å². The van der Waals surface area contributed by atoms with Crippen LogP contribution in [0.4, 0.5) is 0 Å². The van der Waals surface area contributed by atoms with Gasteiger partial charge in [0.25, 0.3) is 0 Å². The Morgan fingerprint density at radius 2 is 1.69 bits per heavy atom. The predicted molar refractivity (Wildman–Crippen MR) is 62.4 cm³/mol. The van der Waals surface area contributed by atoms with Gasteiger partial charge in [0.05, 0.1) is 19.3 Å². The van der Waals surface area contributed by atoms with Crippen molar-refractivity contribution < 1.29 is 15.3 Å². The molecule has 0 saturated heterocycles. The molecule has 0 bridgehead atoms. The van der Waals surface area contributed by atoms with Crippen molar-refractivity contribution in [3.05, 3.63) is 29.8 Å². The third-order valence-corrected chi connectivity index (χ3v) is 2.44. The minimum Gasteiger partial charge on any atom is -0.508 e. The van der Waals surface area contributed by atoms with E-state index in [0.29, 0.717) is 0 Å². The van der Waals surface area contributed by atoms with E-state index in [9.17, 15) is 0 Å². The molecule has 0 fully saturated rings. The molecule has 0 spiro atoms. The van der Waals surface area contributed by atoms with Crippen LogP contribution in [-0.4, -0.2) is 40.6 Å². The Kier molecular flexibility index (Phi) is 5.25. The zero-order chi connectivity index (χ0) is 12.0. The molecule has 0 aromatic heterocycles. The molecule has 90 valence electrons. The molecule has 0 heterocycles. The molecule has 0 aliphatic rings. The summed E-state index contributed by atoms with van der Waals surface area (Å²) in [6.07, 6.45) is 0.788. The molecule has 0 aliphatic carbocycles. The van der Waals surface area contributed by atoms with Crippen molar-refractivity contribution in [2.45, 2.75) is 25.4 Å². The minimum atomic E-state index is -0.271. The van der Waals surface area contributed by atoms with Gasteiger partial charge in [-0.15, -0.1) is 0 Å². The van der Waals surface area contributed by atoms with Crippen LogP contribution >= 0.6 is 0 Å². The predicted octanol–water partition coefficient (Wildman–Crippen LogP) is 0.266. The molecule has 4 N–H and O–H groups in total. The lowest BCUT2D eigenvalue weighted by Crippen LogP contribution is -2.42. The third kappa shape index (κ3) is 4.18. The first-order chi connectivity index (χ1) is 7.65. The second kappa shape index (κ2) is 6.48. The molecule has 4 nitrogen and oxygen atoms in total. The average Bonchev–Trinajstić information content (AvgIpc) is 2.29. The molecule has 0 radical (unpaired) electrons. The van der Waals surface area contributed by atoms with Crippen molar-refractivity contribution in [3.63, 3.8) is 0 Å². The van der Waals surface area contributed by atoms with Crippen molar-refractivity contribution in [1.82, 2.24) is 5.32 Å². The first kappa shape index (κ1) is 13.0. The van der Waals surface area contributed by atoms with Gasteiger partial charge in [0, 0.05) is 6.04 Å². The number of hydrogen-bond donors (Lipinski definition) is 4. The lowest BCUT2D eigenvalue weighted by molar-refractivity contribution is 0.163. The summed E-state index contributed by atoms with van der Waals surface area (Å²) in [6, 6.07) is 6.91. The lowest BCUT2D eigenvalue weighted by atomic mass is 10.1. The quantitative estimate of drug-likeness (QED) is 0.560. The molecule has 4 heteroatoms. The maximum absolute atomic E-state index is 9.13. The van der Waals surface area contributed by atoms with E-state index in [2.05, 4.69) is 5.32 Å². The molecular weight excluding hydrogens is 206 g/mol. The average molecular weight is 225 g/mol. The second-order valence-electron chi connectivity index (χ2n) is 4.00. The fraction of sp³-hybridized carbons (Fsp3) is 0.500. The molecule has 1 aromatic carbocycles. The summed E-state index contributed by atoms with van der Waals surface area (Å²) in [5, 5.41) is 30.1. The highest BCUT2D eigenvalue weighted by Gasteiger charge is 2.10. The van der Waals surface area contributed by atoms with Gasteiger partial charge in [0.15, 0.2) is 0 Å². The van der Waals surface area contributed by atoms with E-state index in [4.69, 9.17) is 15.3 Å². The fourth-order valence-electron chi connectivity index (χ4n) is 1.61. The Labute approximate surface area is 95.6 Å². The summed E-state index contributed by atoms with van der Waals surface area (Å²) in [6.45, 7) is 1.85. The molecule has 1 atom stereocenters. The number of rotatable bonds is 6. The van der Waals surface area contributed by atoms with Crippen LogP contribution in [-0.2, 0) is 6.42 Å². The number of phenols is 1. The summed E-state index contributed by atoms with van der Waals surface area (Å²) < 4.78 is 0. The highest BCUT2D eigenvalue weighted by molar-refractivity contribution is 5.26. The Morgan fingerprint density at radius 1 is 1.12 bits per heavy atom. The van der Waals surface area contributed by atoms with Gasteiger partial charge in [-0.1, -0.05) is 12.1 Å². The summed E-state index contributed by atoms with van der Waals surface area (Å²) in [7, 11) is 0. The monoisotopic (exact) mass is 225 g/mol. The second-order valence-corrected chi connectivity index (χ2v) is 4.00. The number of hydrogen-bond acceptors (Lipinski definition) is 4. The highest BCUT2D eigenvalue weighted by atomic mass is 16.3. The normalized spacial score (nSPS) is 13.0. The van der Waals surface area contributed by atoms with E-state index in [1.54, 1.807) is 12.1 Å². The van der Waals surface area contributed by atoms with Gasteiger partial charge >= 0.3 is 0 Å². The van der Waals surface area contributed by atoms with E-state index in [1.165, 1.54) is 0 Å². The van der Waals surface area contributed by atoms with Gasteiger partial charge in [-0.05, 0) is 31.0 Å². The Bertz CT molecular complexity index is 296. The van der Waals surface area contributed by atoms with E-state index in [0.717, 1.165) is 12.0 Å². The lowest BCUT2D eigenvalue weighted by Gasteiger charge is -2.19. The summed E-state index contributed by atoms with van der Waals surface area (Å²) in [4.78, 5) is 0. The first-order valence-corrected chi connectivity index (χ1v) is 5.41. The highest BCUT2D eigenvalue weighted by Crippen LogP contribution is 2.11. The third-order valence-electron chi connectivity index (χ3n) is 2.44. The van der Waals surface area contributed by atoms with E-state index < -0.39 is 0 Å². The molecule has 1 rings (SSSR count). The number of nitrogens with one attached hydrogen (secondary N) is 1. The number of benzene rings is 1. The zero-order valence-corrected chi connectivity index (χ0v) is 9.43. The fourth-order valence-corrected chi connectivity index (χ4v) is 1.61. The van der Waals surface area contributed by atoms with Crippen LogP contribution in [0, 0.1) is 0 Å². The van der Waals surface area contributed by atoms with Crippen molar-refractivity contribution in [2.75, 3.05) is 13.2 Å². The topological polar surface area (TPSA) is 72.7 Å². The number of aliphatic hydroxyl groups excluding tert-OH is 2. The molecule has 16 heavy (non-hydrogen) atoms.